The van der Waals surface area contributed by atoms with Gasteiger partial charge in [0.2, 0.25) is 0 Å². The summed E-state index contributed by atoms with van der Waals surface area (Å²) in [6.45, 7) is 3.31. The predicted octanol–water partition coefficient (Wildman–Crippen LogP) is 1.85. The highest BCUT2D eigenvalue weighted by Crippen LogP contribution is 2.19. The van der Waals surface area contributed by atoms with Gasteiger partial charge in [0, 0.05) is 44.1 Å². The number of ether oxygens (including phenoxy) is 1. The van der Waals surface area contributed by atoms with Crippen molar-refractivity contribution in [3.05, 3.63) is 59.9 Å². The van der Waals surface area contributed by atoms with Gasteiger partial charge in [0.15, 0.2) is 0 Å². The number of β-amino-alcohol motifs (C(OH)–C–C–N with tert-alkyl or cyclic N) is 1. The Labute approximate surface area is 153 Å². The Balaban J connectivity index is 1.46. The monoisotopic (exact) mass is 355 g/mol. The maximum absolute atomic E-state index is 12.2. The van der Waals surface area contributed by atoms with Crippen molar-refractivity contribution in [3.63, 3.8) is 0 Å². The summed E-state index contributed by atoms with van der Waals surface area (Å²) < 4.78 is 6.02. The summed E-state index contributed by atoms with van der Waals surface area (Å²) in [6.07, 6.45) is 5.52. The van der Waals surface area contributed by atoms with E-state index in [0.717, 1.165) is 43.8 Å². The summed E-state index contributed by atoms with van der Waals surface area (Å²) in [6, 6.07) is 11.0. The second-order valence-corrected chi connectivity index (χ2v) is 6.44. The van der Waals surface area contributed by atoms with Gasteiger partial charge in [-0.05, 0) is 54.8 Å². The average Bonchev–Trinajstić information content (AvgIpc) is 2.69. The number of carbonyl (C=O) groups is 1. The van der Waals surface area contributed by atoms with Gasteiger partial charge in [-0.2, -0.15) is 0 Å². The molecular formula is C20H25N3O3. The molecule has 6 nitrogen and oxygen atoms in total. The number of nitrogens with one attached hydrogen (secondary N) is 1. The molecule has 0 unspecified atom stereocenters. The maximum Gasteiger partial charge on any atom is 0.251 e. The van der Waals surface area contributed by atoms with Crippen LogP contribution in [0.2, 0.25) is 0 Å². The Morgan fingerprint density at radius 2 is 1.85 bits per heavy atom. The molecule has 1 aromatic carbocycles. The standard InChI is InChI=1S/C20H25N3O3/c24-14-13-23-11-7-19(8-12-23)26-18-3-1-17(2-4-18)20(25)22-15-16-5-9-21-10-6-16/h1-6,9-10,19,24H,7-8,11-15H2,(H,22,25). The van der Waals surface area contributed by atoms with Crippen LogP contribution in [-0.4, -0.2) is 53.2 Å². The fourth-order valence-corrected chi connectivity index (χ4v) is 3.05. The second-order valence-electron chi connectivity index (χ2n) is 6.44. The largest absolute Gasteiger partial charge is 0.490 e. The molecule has 0 aliphatic carbocycles. The Morgan fingerprint density at radius 3 is 2.50 bits per heavy atom. The van der Waals surface area contributed by atoms with Crippen LogP contribution in [0.1, 0.15) is 28.8 Å². The number of aliphatic hydroxyl groups excluding tert-OH is 1. The molecule has 138 valence electrons. The minimum absolute atomic E-state index is 0.106. The second kappa shape index (κ2) is 9.31. The Hall–Kier alpha value is -2.44. The van der Waals surface area contributed by atoms with Crippen LogP contribution in [0.5, 0.6) is 5.75 Å². The van der Waals surface area contributed by atoms with E-state index in [9.17, 15) is 4.79 Å². The third-order valence-electron chi connectivity index (χ3n) is 4.57. The lowest BCUT2D eigenvalue weighted by atomic mass is 10.1. The van der Waals surface area contributed by atoms with E-state index in [1.807, 2.05) is 24.3 Å². The van der Waals surface area contributed by atoms with Crippen molar-refractivity contribution in [1.29, 1.82) is 0 Å². The van der Waals surface area contributed by atoms with Crippen molar-refractivity contribution in [1.82, 2.24) is 15.2 Å². The van der Waals surface area contributed by atoms with Crippen LogP contribution in [0.3, 0.4) is 0 Å². The zero-order chi connectivity index (χ0) is 18.2. The van der Waals surface area contributed by atoms with Gasteiger partial charge in [0.25, 0.3) is 5.91 Å². The third kappa shape index (κ3) is 5.28. The minimum Gasteiger partial charge on any atom is -0.490 e. The van der Waals surface area contributed by atoms with E-state index in [2.05, 4.69) is 15.2 Å². The topological polar surface area (TPSA) is 74.7 Å². The van der Waals surface area contributed by atoms with Crippen molar-refractivity contribution in [3.8, 4) is 5.75 Å². The molecule has 1 saturated heterocycles. The van der Waals surface area contributed by atoms with E-state index in [0.29, 0.717) is 12.1 Å². The Kier molecular flexibility index (Phi) is 6.57. The van der Waals surface area contributed by atoms with Crippen LogP contribution in [0, 0.1) is 0 Å². The molecule has 1 amide bonds. The minimum atomic E-state index is -0.106. The van der Waals surface area contributed by atoms with Crippen LogP contribution in [0.15, 0.2) is 48.8 Å². The zero-order valence-electron chi connectivity index (χ0n) is 14.8. The maximum atomic E-state index is 12.2. The molecule has 0 saturated carbocycles. The number of aromatic nitrogens is 1. The van der Waals surface area contributed by atoms with Crippen molar-refractivity contribution < 1.29 is 14.6 Å². The third-order valence-corrected chi connectivity index (χ3v) is 4.57. The van der Waals surface area contributed by atoms with Gasteiger partial charge in [-0.3, -0.25) is 9.78 Å². The highest BCUT2D eigenvalue weighted by atomic mass is 16.5. The van der Waals surface area contributed by atoms with Gasteiger partial charge < -0.3 is 20.1 Å². The Bertz CT molecular complexity index is 683. The molecular weight excluding hydrogens is 330 g/mol. The van der Waals surface area contributed by atoms with Crippen molar-refractivity contribution >= 4 is 5.91 Å². The smallest absolute Gasteiger partial charge is 0.251 e. The quantitative estimate of drug-likeness (QED) is 0.793. The van der Waals surface area contributed by atoms with Gasteiger partial charge in [0.05, 0.1) is 6.61 Å². The van der Waals surface area contributed by atoms with Gasteiger partial charge >= 0.3 is 0 Å². The zero-order valence-corrected chi connectivity index (χ0v) is 14.8. The number of hydrogen-bond donors (Lipinski definition) is 2. The fourth-order valence-electron chi connectivity index (χ4n) is 3.05. The summed E-state index contributed by atoms with van der Waals surface area (Å²) in [5.74, 6) is 0.682. The molecule has 0 radical (unpaired) electrons. The molecule has 1 aliphatic heterocycles. The molecule has 0 bridgehead atoms. The summed E-state index contributed by atoms with van der Waals surface area (Å²) in [5.41, 5.74) is 1.63. The van der Waals surface area contributed by atoms with Gasteiger partial charge in [0.1, 0.15) is 11.9 Å². The van der Waals surface area contributed by atoms with Gasteiger partial charge in [-0.1, -0.05) is 0 Å². The number of rotatable bonds is 7. The molecule has 2 heterocycles. The fraction of sp³-hybridized carbons (Fsp3) is 0.400. The van der Waals surface area contributed by atoms with Gasteiger partial charge in [-0.15, -0.1) is 0 Å². The first-order valence-corrected chi connectivity index (χ1v) is 9.01. The number of nitrogens with zero attached hydrogens (tertiary/aromatic N) is 2. The first kappa shape index (κ1) is 18.4. The summed E-state index contributed by atoms with van der Waals surface area (Å²) >= 11 is 0. The molecule has 2 N–H and O–H groups in total. The van der Waals surface area contributed by atoms with E-state index >= 15 is 0 Å². The average molecular weight is 355 g/mol. The number of piperidine rings is 1. The lowest BCUT2D eigenvalue weighted by Crippen LogP contribution is -2.39. The molecule has 26 heavy (non-hydrogen) atoms. The predicted molar refractivity (Wildman–Crippen MR) is 99.0 cm³/mol. The highest BCUT2D eigenvalue weighted by Gasteiger charge is 2.20. The number of amides is 1. The summed E-state index contributed by atoms with van der Waals surface area (Å²) in [5, 5.41) is 11.9. The summed E-state index contributed by atoms with van der Waals surface area (Å²) in [4.78, 5) is 18.4. The molecule has 2 aromatic rings. The highest BCUT2D eigenvalue weighted by molar-refractivity contribution is 5.94. The number of hydrogen-bond acceptors (Lipinski definition) is 5. The van der Waals surface area contributed by atoms with E-state index in [-0.39, 0.29) is 18.6 Å². The molecule has 6 heteroatoms. The molecule has 3 rings (SSSR count). The SMILES string of the molecule is O=C(NCc1ccncc1)c1ccc(OC2CCN(CCO)CC2)cc1. The van der Waals surface area contributed by atoms with Crippen molar-refractivity contribution in [2.45, 2.75) is 25.5 Å². The van der Waals surface area contributed by atoms with Gasteiger partial charge in [-0.25, -0.2) is 0 Å². The van der Waals surface area contributed by atoms with E-state index in [1.54, 1.807) is 24.5 Å². The number of pyridine rings is 1. The molecule has 1 aliphatic rings. The molecule has 0 spiro atoms. The number of likely N-dealkylation sites (tertiary alicyclic amines) is 1. The first-order valence-electron chi connectivity index (χ1n) is 9.01. The summed E-state index contributed by atoms with van der Waals surface area (Å²) in [7, 11) is 0. The molecule has 1 aromatic heterocycles. The number of benzene rings is 1. The molecule has 0 atom stereocenters. The Morgan fingerprint density at radius 1 is 1.15 bits per heavy atom. The van der Waals surface area contributed by atoms with Crippen LogP contribution in [0.25, 0.3) is 0 Å². The number of carbonyl (C=O) groups excluding carboxylic acids is 1. The first-order chi connectivity index (χ1) is 12.7. The van der Waals surface area contributed by atoms with Crippen molar-refractivity contribution in [2.24, 2.45) is 0 Å². The van der Waals surface area contributed by atoms with E-state index in [1.165, 1.54) is 0 Å². The lowest BCUT2D eigenvalue weighted by Gasteiger charge is -2.31. The van der Waals surface area contributed by atoms with E-state index < -0.39 is 0 Å². The molecule has 1 fully saturated rings. The van der Waals surface area contributed by atoms with Crippen LogP contribution >= 0.6 is 0 Å². The van der Waals surface area contributed by atoms with E-state index in [4.69, 9.17) is 9.84 Å². The lowest BCUT2D eigenvalue weighted by molar-refractivity contribution is 0.0888. The number of aliphatic hydroxyl groups is 1. The van der Waals surface area contributed by atoms with Crippen LogP contribution in [0.4, 0.5) is 0 Å². The van der Waals surface area contributed by atoms with Crippen LogP contribution < -0.4 is 10.1 Å². The normalized spacial score (nSPS) is 15.6. The van der Waals surface area contributed by atoms with Crippen LogP contribution in [-0.2, 0) is 6.54 Å². The van der Waals surface area contributed by atoms with Crippen molar-refractivity contribution in [2.75, 3.05) is 26.2 Å².